The molecule has 3 aromatic carbocycles. The lowest BCUT2D eigenvalue weighted by Gasteiger charge is -2.31. The topological polar surface area (TPSA) is 58.6 Å². The van der Waals surface area contributed by atoms with Gasteiger partial charge in [-0.15, -0.1) is 0 Å². The Morgan fingerprint density at radius 1 is 0.970 bits per heavy atom. The smallest absolute Gasteiger partial charge is 0.261 e. The summed E-state index contributed by atoms with van der Waals surface area (Å²) >= 11 is 12.1. The van der Waals surface area contributed by atoms with Crippen LogP contribution in [-0.2, 0) is 22.6 Å². The Labute approximate surface area is 204 Å². The highest BCUT2D eigenvalue weighted by Gasteiger charge is 2.30. The summed E-state index contributed by atoms with van der Waals surface area (Å²) in [5.41, 5.74) is 2.95. The predicted octanol–water partition coefficient (Wildman–Crippen LogP) is 5.07. The zero-order valence-electron chi connectivity index (χ0n) is 18.6. The van der Waals surface area contributed by atoms with Crippen molar-refractivity contribution in [2.45, 2.75) is 25.9 Å². The van der Waals surface area contributed by atoms with E-state index in [1.165, 1.54) is 0 Å². The third-order valence-corrected chi connectivity index (χ3v) is 5.73. The van der Waals surface area contributed by atoms with Crippen molar-refractivity contribution in [3.8, 4) is 5.75 Å². The molecule has 2 amide bonds. The van der Waals surface area contributed by atoms with Gasteiger partial charge >= 0.3 is 0 Å². The highest BCUT2D eigenvalue weighted by Crippen LogP contribution is 2.27. The third-order valence-electron chi connectivity index (χ3n) is 5.20. The lowest BCUT2D eigenvalue weighted by Crippen LogP contribution is -2.51. The molecule has 33 heavy (non-hydrogen) atoms. The number of carbonyl (C=O) groups excluding carboxylic acids is 2. The average molecular weight is 485 g/mol. The highest BCUT2D eigenvalue weighted by molar-refractivity contribution is 6.35. The molecule has 5 nitrogen and oxygen atoms in total. The second-order valence-corrected chi connectivity index (χ2v) is 8.54. The molecule has 0 spiro atoms. The molecule has 0 aromatic heterocycles. The Morgan fingerprint density at radius 2 is 1.70 bits per heavy atom. The van der Waals surface area contributed by atoms with E-state index in [0.29, 0.717) is 22.2 Å². The largest absolute Gasteiger partial charge is 0.482 e. The minimum Gasteiger partial charge on any atom is -0.482 e. The number of carbonyl (C=O) groups is 2. The first-order valence-electron chi connectivity index (χ1n) is 10.6. The highest BCUT2D eigenvalue weighted by atomic mass is 35.5. The van der Waals surface area contributed by atoms with Gasteiger partial charge in [-0.2, -0.15) is 0 Å². The first kappa shape index (κ1) is 24.6. The Bertz CT molecular complexity index is 1110. The first-order chi connectivity index (χ1) is 15.9. The maximum Gasteiger partial charge on any atom is 0.261 e. The molecule has 0 fully saturated rings. The van der Waals surface area contributed by atoms with Crippen molar-refractivity contribution in [2.75, 3.05) is 13.7 Å². The maximum atomic E-state index is 13.4. The normalized spacial score (nSPS) is 11.5. The summed E-state index contributed by atoms with van der Waals surface area (Å²) in [6.45, 7) is 1.99. The van der Waals surface area contributed by atoms with Crippen LogP contribution in [0.5, 0.6) is 5.75 Å². The van der Waals surface area contributed by atoms with Gasteiger partial charge in [0.15, 0.2) is 6.61 Å². The summed E-state index contributed by atoms with van der Waals surface area (Å²) in [5.74, 6) is -0.221. The van der Waals surface area contributed by atoms with Crippen LogP contribution in [0.4, 0.5) is 0 Å². The number of aryl methyl sites for hydroxylation is 1. The standard InChI is InChI=1S/C26H26Cl2N2O3/c1-18-7-6-10-20(13-18)16-30(23(26(32)29-2)14-19-8-4-3-5-9-19)25(31)17-33-24-12-11-21(27)15-22(24)28/h3-13,15,23H,14,16-17H2,1-2H3,(H,29,32). The van der Waals surface area contributed by atoms with Gasteiger partial charge in [0.05, 0.1) is 5.02 Å². The number of hydrogen-bond donors (Lipinski definition) is 1. The van der Waals surface area contributed by atoms with Crippen molar-refractivity contribution in [3.63, 3.8) is 0 Å². The lowest BCUT2D eigenvalue weighted by molar-refractivity contribution is -0.142. The van der Waals surface area contributed by atoms with Crippen LogP contribution in [0, 0.1) is 6.92 Å². The van der Waals surface area contributed by atoms with E-state index < -0.39 is 6.04 Å². The Hall–Kier alpha value is -3.02. The van der Waals surface area contributed by atoms with E-state index >= 15 is 0 Å². The second-order valence-electron chi connectivity index (χ2n) is 7.69. The van der Waals surface area contributed by atoms with Crippen LogP contribution in [0.3, 0.4) is 0 Å². The number of rotatable bonds is 9. The van der Waals surface area contributed by atoms with Crippen molar-refractivity contribution in [3.05, 3.63) is 99.5 Å². The Balaban J connectivity index is 1.88. The average Bonchev–Trinajstić information content (AvgIpc) is 2.81. The van der Waals surface area contributed by atoms with Crippen LogP contribution in [0.25, 0.3) is 0 Å². The Morgan fingerprint density at radius 3 is 2.36 bits per heavy atom. The molecule has 0 radical (unpaired) electrons. The fraction of sp³-hybridized carbons (Fsp3) is 0.231. The molecule has 7 heteroatoms. The van der Waals surface area contributed by atoms with Gasteiger partial charge in [0.2, 0.25) is 5.91 Å². The molecular weight excluding hydrogens is 459 g/mol. The van der Waals surface area contributed by atoms with Crippen LogP contribution in [0.1, 0.15) is 16.7 Å². The monoisotopic (exact) mass is 484 g/mol. The Kier molecular flexibility index (Phi) is 8.75. The van der Waals surface area contributed by atoms with Crippen LogP contribution in [0.15, 0.2) is 72.8 Å². The van der Waals surface area contributed by atoms with Crippen LogP contribution >= 0.6 is 23.2 Å². The number of nitrogens with one attached hydrogen (secondary N) is 1. The minimum atomic E-state index is -0.713. The number of hydrogen-bond acceptors (Lipinski definition) is 3. The van der Waals surface area contributed by atoms with Crippen molar-refractivity contribution in [2.24, 2.45) is 0 Å². The number of nitrogens with zero attached hydrogens (tertiary/aromatic N) is 1. The van der Waals surface area contributed by atoms with Gasteiger partial charge in [-0.1, -0.05) is 83.4 Å². The van der Waals surface area contributed by atoms with Gasteiger partial charge in [0, 0.05) is 25.0 Å². The number of amides is 2. The van der Waals surface area contributed by atoms with E-state index in [2.05, 4.69) is 5.32 Å². The summed E-state index contributed by atoms with van der Waals surface area (Å²) in [6.07, 6.45) is 0.375. The molecule has 1 N–H and O–H groups in total. The zero-order chi connectivity index (χ0) is 23.8. The molecule has 3 rings (SSSR count). The fourth-order valence-corrected chi connectivity index (χ4v) is 4.01. The van der Waals surface area contributed by atoms with Crippen LogP contribution < -0.4 is 10.1 Å². The van der Waals surface area contributed by atoms with E-state index in [0.717, 1.165) is 16.7 Å². The second kappa shape index (κ2) is 11.7. The van der Waals surface area contributed by atoms with Gasteiger partial charge in [-0.05, 0) is 36.2 Å². The molecule has 0 saturated heterocycles. The van der Waals surface area contributed by atoms with Crippen LogP contribution in [-0.4, -0.2) is 36.4 Å². The molecule has 172 valence electrons. The van der Waals surface area contributed by atoms with E-state index in [1.807, 2.05) is 61.5 Å². The SMILES string of the molecule is CNC(=O)C(Cc1ccccc1)N(Cc1cccc(C)c1)C(=O)COc1ccc(Cl)cc1Cl. The predicted molar refractivity (Wildman–Crippen MR) is 132 cm³/mol. The van der Waals surface area contributed by atoms with Crippen LogP contribution in [0.2, 0.25) is 10.0 Å². The fourth-order valence-electron chi connectivity index (χ4n) is 3.54. The molecule has 0 aliphatic heterocycles. The van der Waals surface area contributed by atoms with Crippen molar-refractivity contribution in [1.82, 2.24) is 10.2 Å². The van der Waals surface area contributed by atoms with Gasteiger partial charge in [-0.3, -0.25) is 9.59 Å². The molecule has 0 heterocycles. The lowest BCUT2D eigenvalue weighted by atomic mass is 10.0. The summed E-state index contributed by atoms with van der Waals surface area (Å²) in [6, 6.07) is 21.6. The first-order valence-corrected chi connectivity index (χ1v) is 11.3. The number of ether oxygens (including phenoxy) is 1. The minimum absolute atomic E-state index is 0.246. The van der Waals surface area contributed by atoms with E-state index in [-0.39, 0.29) is 25.0 Å². The quantitative estimate of drug-likeness (QED) is 0.461. The van der Waals surface area contributed by atoms with Gasteiger partial charge in [-0.25, -0.2) is 0 Å². The molecule has 0 aliphatic rings. The van der Waals surface area contributed by atoms with E-state index in [1.54, 1.807) is 30.1 Å². The molecule has 1 unspecified atom stereocenters. The van der Waals surface area contributed by atoms with Crippen molar-refractivity contribution < 1.29 is 14.3 Å². The van der Waals surface area contributed by atoms with Gasteiger partial charge in [0.1, 0.15) is 11.8 Å². The number of likely N-dealkylation sites (N-methyl/N-ethyl adjacent to an activating group) is 1. The molecular formula is C26H26Cl2N2O3. The van der Waals surface area contributed by atoms with Crippen molar-refractivity contribution in [1.29, 1.82) is 0 Å². The number of halogens is 2. The molecule has 0 bridgehead atoms. The zero-order valence-corrected chi connectivity index (χ0v) is 20.1. The summed E-state index contributed by atoms with van der Waals surface area (Å²) in [7, 11) is 1.57. The van der Waals surface area contributed by atoms with Crippen molar-refractivity contribution >= 4 is 35.0 Å². The molecule has 3 aromatic rings. The van der Waals surface area contributed by atoms with E-state index in [9.17, 15) is 9.59 Å². The molecule has 1 atom stereocenters. The molecule has 0 aliphatic carbocycles. The maximum absolute atomic E-state index is 13.4. The van der Waals surface area contributed by atoms with Gasteiger partial charge in [0.25, 0.3) is 5.91 Å². The van der Waals surface area contributed by atoms with E-state index in [4.69, 9.17) is 27.9 Å². The molecule has 0 saturated carbocycles. The third kappa shape index (κ3) is 6.98. The summed E-state index contributed by atoms with van der Waals surface area (Å²) < 4.78 is 5.70. The van der Waals surface area contributed by atoms with Gasteiger partial charge < -0.3 is 15.0 Å². The summed E-state index contributed by atoms with van der Waals surface area (Å²) in [5, 5.41) is 3.48. The summed E-state index contributed by atoms with van der Waals surface area (Å²) in [4.78, 5) is 27.9. The number of benzene rings is 3.